The third-order valence-electron chi connectivity index (χ3n) is 2.38. The predicted molar refractivity (Wildman–Crippen MR) is 60.4 cm³/mol. The second-order valence-corrected chi connectivity index (χ2v) is 3.65. The van der Waals surface area contributed by atoms with Gasteiger partial charge in [-0.25, -0.2) is 9.59 Å². The van der Waals surface area contributed by atoms with E-state index in [1.165, 1.54) is 22.9 Å². The zero-order chi connectivity index (χ0) is 13.3. The van der Waals surface area contributed by atoms with E-state index in [1.54, 1.807) is 13.2 Å². The Labute approximate surface area is 101 Å². The second kappa shape index (κ2) is 4.28. The van der Waals surface area contributed by atoms with Crippen LogP contribution in [0, 0.1) is 0 Å². The van der Waals surface area contributed by atoms with E-state index in [-0.39, 0.29) is 11.1 Å². The first-order valence-electron chi connectivity index (χ1n) is 4.96. The minimum atomic E-state index is -1.29. The summed E-state index contributed by atoms with van der Waals surface area (Å²) >= 11 is 0. The zero-order valence-corrected chi connectivity index (χ0v) is 9.36. The van der Waals surface area contributed by atoms with Gasteiger partial charge in [0.25, 0.3) is 0 Å². The minimum absolute atomic E-state index is 0.254. The number of carboxylic acid groups (broad SMARTS) is 2. The number of aromatic carboxylic acids is 2. The van der Waals surface area contributed by atoms with Crippen LogP contribution in [0.15, 0.2) is 24.4 Å². The number of aryl methyl sites for hydroxylation is 1. The van der Waals surface area contributed by atoms with Crippen LogP contribution >= 0.6 is 0 Å². The van der Waals surface area contributed by atoms with E-state index >= 15 is 0 Å². The topological polar surface area (TPSA) is 105 Å². The fourth-order valence-corrected chi connectivity index (χ4v) is 1.55. The predicted octanol–water partition coefficient (Wildman–Crippen LogP) is 0.878. The molecule has 18 heavy (non-hydrogen) atoms. The van der Waals surface area contributed by atoms with Gasteiger partial charge >= 0.3 is 11.9 Å². The largest absolute Gasteiger partial charge is 0.478 e. The lowest BCUT2D eigenvalue weighted by Gasteiger charge is -2.03. The summed E-state index contributed by atoms with van der Waals surface area (Å²) in [6.07, 6.45) is 1.61. The first kappa shape index (κ1) is 11.8. The van der Waals surface area contributed by atoms with Crippen molar-refractivity contribution in [1.29, 1.82) is 0 Å². The van der Waals surface area contributed by atoms with Crippen molar-refractivity contribution in [3.05, 3.63) is 35.5 Å². The molecule has 0 aliphatic heterocycles. The lowest BCUT2D eigenvalue weighted by molar-refractivity contribution is 0.0651. The Hall–Kier alpha value is -2.70. The minimum Gasteiger partial charge on any atom is -0.478 e. The number of hydrogen-bond donors (Lipinski definition) is 2. The quantitative estimate of drug-likeness (QED) is 0.833. The Morgan fingerprint density at radius 1 is 1.17 bits per heavy atom. The molecule has 0 bridgehead atoms. The van der Waals surface area contributed by atoms with Gasteiger partial charge in [0, 0.05) is 12.6 Å². The Kier molecular flexibility index (Phi) is 2.80. The number of carbonyl (C=O) groups is 2. The number of aromatic nitrogens is 3. The van der Waals surface area contributed by atoms with Gasteiger partial charge in [-0.3, -0.25) is 4.68 Å². The summed E-state index contributed by atoms with van der Waals surface area (Å²) in [4.78, 5) is 21.9. The standard InChI is InChI=1S/C11H9N3O4/c1-14-5-9(12-13-14)6-2-3-7(10(15)16)8(4-6)11(17)18/h2-5H,1H3,(H,15,16)(H,17,18). The van der Waals surface area contributed by atoms with Gasteiger partial charge in [0.05, 0.1) is 17.3 Å². The molecule has 0 radical (unpaired) electrons. The molecule has 2 rings (SSSR count). The summed E-state index contributed by atoms with van der Waals surface area (Å²) in [5.74, 6) is -2.57. The van der Waals surface area contributed by atoms with E-state index in [0.29, 0.717) is 11.3 Å². The molecular weight excluding hydrogens is 238 g/mol. The Bertz CT molecular complexity index is 633. The van der Waals surface area contributed by atoms with Gasteiger partial charge in [0.1, 0.15) is 5.69 Å². The van der Waals surface area contributed by atoms with Gasteiger partial charge in [-0.15, -0.1) is 5.10 Å². The molecule has 0 saturated carbocycles. The highest BCUT2D eigenvalue weighted by atomic mass is 16.4. The molecule has 92 valence electrons. The van der Waals surface area contributed by atoms with Gasteiger partial charge in [0.15, 0.2) is 0 Å². The van der Waals surface area contributed by atoms with Crippen LogP contribution in [-0.4, -0.2) is 37.1 Å². The van der Waals surface area contributed by atoms with Crippen LogP contribution in [0.3, 0.4) is 0 Å². The van der Waals surface area contributed by atoms with Crippen molar-refractivity contribution < 1.29 is 19.8 Å². The fourth-order valence-electron chi connectivity index (χ4n) is 1.55. The summed E-state index contributed by atoms with van der Waals surface area (Å²) in [5.41, 5.74) is 0.461. The molecule has 0 spiro atoms. The molecule has 7 heteroatoms. The number of carboxylic acids is 2. The lowest BCUT2D eigenvalue weighted by Crippen LogP contribution is -2.08. The van der Waals surface area contributed by atoms with E-state index in [4.69, 9.17) is 10.2 Å². The number of nitrogens with zero attached hydrogens (tertiary/aromatic N) is 3. The van der Waals surface area contributed by atoms with Crippen molar-refractivity contribution >= 4 is 11.9 Å². The molecule has 0 unspecified atom stereocenters. The monoisotopic (exact) mass is 247 g/mol. The molecule has 1 aromatic heterocycles. The van der Waals surface area contributed by atoms with Crippen LogP contribution in [0.4, 0.5) is 0 Å². The van der Waals surface area contributed by atoms with Crippen molar-refractivity contribution in [2.75, 3.05) is 0 Å². The van der Waals surface area contributed by atoms with Gasteiger partial charge in [-0.2, -0.15) is 0 Å². The molecule has 2 aromatic rings. The van der Waals surface area contributed by atoms with Crippen molar-refractivity contribution in [2.45, 2.75) is 0 Å². The zero-order valence-electron chi connectivity index (χ0n) is 9.36. The van der Waals surface area contributed by atoms with Gasteiger partial charge in [0.2, 0.25) is 0 Å². The first-order valence-corrected chi connectivity index (χ1v) is 4.96. The highest BCUT2D eigenvalue weighted by molar-refractivity contribution is 6.02. The molecule has 1 aromatic carbocycles. The summed E-state index contributed by atoms with van der Waals surface area (Å²) in [5, 5.41) is 25.4. The van der Waals surface area contributed by atoms with Crippen LogP contribution in [0.5, 0.6) is 0 Å². The fraction of sp³-hybridized carbons (Fsp3) is 0.0909. The molecule has 0 atom stereocenters. The molecule has 1 heterocycles. The normalized spacial score (nSPS) is 10.3. The summed E-state index contributed by atoms with van der Waals surface area (Å²) < 4.78 is 1.47. The van der Waals surface area contributed by atoms with Gasteiger partial charge < -0.3 is 10.2 Å². The van der Waals surface area contributed by atoms with E-state index in [2.05, 4.69) is 10.3 Å². The third-order valence-corrected chi connectivity index (χ3v) is 2.38. The summed E-state index contributed by atoms with van der Waals surface area (Å²) in [7, 11) is 1.68. The third kappa shape index (κ3) is 2.05. The molecule has 2 N–H and O–H groups in total. The molecular formula is C11H9N3O4. The van der Waals surface area contributed by atoms with Crippen LogP contribution in [0.25, 0.3) is 11.3 Å². The average Bonchev–Trinajstić information content (AvgIpc) is 2.75. The number of rotatable bonds is 3. The molecule has 0 fully saturated rings. The highest BCUT2D eigenvalue weighted by Crippen LogP contribution is 2.20. The van der Waals surface area contributed by atoms with Crippen LogP contribution < -0.4 is 0 Å². The SMILES string of the molecule is Cn1cc(-c2ccc(C(=O)O)c(C(=O)O)c2)nn1. The van der Waals surface area contributed by atoms with E-state index in [1.807, 2.05) is 0 Å². The number of hydrogen-bond acceptors (Lipinski definition) is 4. The number of benzene rings is 1. The molecule has 0 saturated heterocycles. The molecule has 0 aliphatic carbocycles. The van der Waals surface area contributed by atoms with Crippen LogP contribution in [0.1, 0.15) is 20.7 Å². The van der Waals surface area contributed by atoms with Crippen molar-refractivity contribution in [3.63, 3.8) is 0 Å². The Morgan fingerprint density at radius 2 is 1.83 bits per heavy atom. The molecule has 7 nitrogen and oxygen atoms in total. The van der Waals surface area contributed by atoms with Crippen LogP contribution in [-0.2, 0) is 7.05 Å². The van der Waals surface area contributed by atoms with Crippen molar-refractivity contribution in [2.24, 2.45) is 7.05 Å². The maximum atomic E-state index is 11.0. The summed E-state index contributed by atoms with van der Waals surface area (Å²) in [6, 6.07) is 4.02. The van der Waals surface area contributed by atoms with Crippen molar-refractivity contribution in [3.8, 4) is 11.3 Å². The maximum Gasteiger partial charge on any atom is 0.336 e. The van der Waals surface area contributed by atoms with E-state index in [9.17, 15) is 9.59 Å². The van der Waals surface area contributed by atoms with Gasteiger partial charge in [-0.1, -0.05) is 11.3 Å². The average molecular weight is 247 g/mol. The molecule has 0 aliphatic rings. The highest BCUT2D eigenvalue weighted by Gasteiger charge is 2.17. The molecule has 0 amide bonds. The summed E-state index contributed by atoms with van der Waals surface area (Å²) in [6.45, 7) is 0. The second-order valence-electron chi connectivity index (χ2n) is 3.65. The van der Waals surface area contributed by atoms with E-state index in [0.717, 1.165) is 0 Å². The van der Waals surface area contributed by atoms with E-state index < -0.39 is 11.9 Å². The first-order chi connectivity index (χ1) is 8.49. The smallest absolute Gasteiger partial charge is 0.336 e. The Morgan fingerprint density at radius 3 is 2.33 bits per heavy atom. The van der Waals surface area contributed by atoms with Crippen molar-refractivity contribution in [1.82, 2.24) is 15.0 Å². The Balaban J connectivity index is 2.56. The van der Waals surface area contributed by atoms with Gasteiger partial charge in [-0.05, 0) is 12.1 Å². The lowest BCUT2D eigenvalue weighted by atomic mass is 10.0. The van der Waals surface area contributed by atoms with Crippen LogP contribution in [0.2, 0.25) is 0 Å². The maximum absolute atomic E-state index is 11.0.